The smallest absolute Gasteiger partial charge is 0.138 e. The van der Waals surface area contributed by atoms with E-state index in [1.165, 1.54) is 6.07 Å². The predicted molar refractivity (Wildman–Crippen MR) is 72.4 cm³/mol. The normalized spacial score (nSPS) is 23.9. The molecule has 4 N–H and O–H groups in total. The van der Waals surface area contributed by atoms with Gasteiger partial charge < -0.3 is 20.9 Å². The van der Waals surface area contributed by atoms with Gasteiger partial charge in [0.2, 0.25) is 0 Å². The van der Waals surface area contributed by atoms with Gasteiger partial charge in [0.1, 0.15) is 11.4 Å². The lowest BCUT2D eigenvalue weighted by Gasteiger charge is -2.22. The summed E-state index contributed by atoms with van der Waals surface area (Å²) in [7, 11) is 0. The maximum absolute atomic E-state index is 13.4. The summed E-state index contributed by atoms with van der Waals surface area (Å²) in [6.07, 6.45) is 0.576. The molecule has 17 heavy (non-hydrogen) atoms. The van der Waals surface area contributed by atoms with Gasteiger partial charge in [-0.3, -0.25) is 0 Å². The molecule has 0 radical (unpaired) electrons. The summed E-state index contributed by atoms with van der Waals surface area (Å²) in [5.74, 6) is -0.322. The van der Waals surface area contributed by atoms with Crippen molar-refractivity contribution in [2.24, 2.45) is 0 Å². The van der Waals surface area contributed by atoms with Crippen molar-refractivity contribution in [2.45, 2.75) is 12.0 Å². The third-order valence-electron chi connectivity index (χ3n) is 2.78. The lowest BCUT2D eigenvalue weighted by molar-refractivity contribution is 0.0382. The standard InChI is InChI=1S/C11H14FIN2O2/c12-7-3-10(9(14)4-8(7)13)15-5-11(16)1-2-17-6-11/h3-4,15-16H,1-2,5-6,14H2. The molecule has 1 unspecified atom stereocenters. The van der Waals surface area contributed by atoms with Crippen LogP contribution in [0.2, 0.25) is 0 Å². The Bertz CT molecular complexity index is 422. The molecular weight excluding hydrogens is 338 g/mol. The number of rotatable bonds is 3. The van der Waals surface area contributed by atoms with Gasteiger partial charge >= 0.3 is 0 Å². The summed E-state index contributed by atoms with van der Waals surface area (Å²) in [6.45, 7) is 1.15. The fourth-order valence-electron chi connectivity index (χ4n) is 1.71. The number of nitrogens with two attached hydrogens (primary N) is 1. The molecule has 0 aliphatic carbocycles. The molecule has 1 aliphatic rings. The molecule has 1 aromatic carbocycles. The molecule has 0 spiro atoms. The summed E-state index contributed by atoms with van der Waals surface area (Å²) in [6, 6.07) is 2.91. The minimum atomic E-state index is -0.883. The van der Waals surface area contributed by atoms with Crippen molar-refractivity contribution < 1.29 is 14.2 Å². The van der Waals surface area contributed by atoms with E-state index in [4.69, 9.17) is 10.5 Å². The van der Waals surface area contributed by atoms with Gasteiger partial charge in [0.05, 0.1) is 21.6 Å². The second kappa shape index (κ2) is 4.95. The number of ether oxygens (including phenoxy) is 1. The van der Waals surface area contributed by atoms with Crippen LogP contribution in [0, 0.1) is 9.39 Å². The van der Waals surface area contributed by atoms with Crippen LogP contribution in [0.15, 0.2) is 12.1 Å². The fraction of sp³-hybridized carbons (Fsp3) is 0.455. The van der Waals surface area contributed by atoms with E-state index in [-0.39, 0.29) is 5.82 Å². The average Bonchev–Trinajstić information content (AvgIpc) is 2.69. The van der Waals surface area contributed by atoms with Crippen molar-refractivity contribution in [3.8, 4) is 0 Å². The van der Waals surface area contributed by atoms with E-state index >= 15 is 0 Å². The first-order valence-electron chi connectivity index (χ1n) is 5.29. The third-order valence-corrected chi connectivity index (χ3v) is 3.61. The summed E-state index contributed by atoms with van der Waals surface area (Å²) in [5.41, 5.74) is 5.86. The second-order valence-electron chi connectivity index (χ2n) is 4.23. The van der Waals surface area contributed by atoms with Gasteiger partial charge in [-0.25, -0.2) is 4.39 Å². The van der Waals surface area contributed by atoms with Crippen molar-refractivity contribution in [3.05, 3.63) is 21.5 Å². The maximum atomic E-state index is 13.4. The van der Waals surface area contributed by atoms with E-state index in [0.29, 0.717) is 41.1 Å². The molecule has 1 heterocycles. The monoisotopic (exact) mass is 352 g/mol. The number of anilines is 2. The molecule has 1 aromatic rings. The number of hydrogen-bond donors (Lipinski definition) is 3. The van der Waals surface area contributed by atoms with Crippen molar-refractivity contribution in [1.82, 2.24) is 0 Å². The largest absolute Gasteiger partial charge is 0.397 e. The van der Waals surface area contributed by atoms with Gasteiger partial charge in [-0.1, -0.05) is 0 Å². The first-order chi connectivity index (χ1) is 8.00. The molecule has 0 saturated carbocycles. The Balaban J connectivity index is 2.06. The predicted octanol–water partition coefficient (Wildman–Crippen LogP) is 1.58. The molecule has 1 saturated heterocycles. The minimum Gasteiger partial charge on any atom is -0.397 e. The summed E-state index contributed by atoms with van der Waals surface area (Å²) < 4.78 is 19.0. The highest BCUT2D eigenvalue weighted by Gasteiger charge is 2.32. The van der Waals surface area contributed by atoms with E-state index in [2.05, 4.69) is 5.32 Å². The molecular formula is C11H14FIN2O2. The third kappa shape index (κ3) is 2.99. The summed E-state index contributed by atoms with van der Waals surface area (Å²) in [5, 5.41) is 13.0. The van der Waals surface area contributed by atoms with E-state index in [1.54, 1.807) is 6.07 Å². The zero-order valence-corrected chi connectivity index (χ0v) is 11.3. The Morgan fingerprint density at radius 2 is 2.35 bits per heavy atom. The van der Waals surface area contributed by atoms with E-state index in [0.717, 1.165) is 0 Å². The highest BCUT2D eigenvalue weighted by Crippen LogP contribution is 2.26. The van der Waals surface area contributed by atoms with Crippen LogP contribution in [0.4, 0.5) is 15.8 Å². The lowest BCUT2D eigenvalue weighted by atomic mass is 10.0. The minimum absolute atomic E-state index is 0.298. The number of hydrogen-bond acceptors (Lipinski definition) is 4. The number of benzene rings is 1. The molecule has 2 rings (SSSR count). The molecule has 94 valence electrons. The molecule has 1 fully saturated rings. The van der Waals surface area contributed by atoms with Gasteiger partial charge in [-0.05, 0) is 28.7 Å². The lowest BCUT2D eigenvalue weighted by Crippen LogP contribution is -2.37. The van der Waals surface area contributed by atoms with Crippen LogP contribution in [0.25, 0.3) is 0 Å². The molecule has 0 amide bonds. The Hall–Kier alpha value is -0.600. The first-order valence-corrected chi connectivity index (χ1v) is 6.37. The van der Waals surface area contributed by atoms with Gasteiger partial charge in [-0.2, -0.15) is 0 Å². The Morgan fingerprint density at radius 3 is 3.00 bits per heavy atom. The molecule has 0 aromatic heterocycles. The Kier molecular flexibility index (Phi) is 3.74. The van der Waals surface area contributed by atoms with Crippen molar-refractivity contribution in [1.29, 1.82) is 0 Å². The van der Waals surface area contributed by atoms with Gasteiger partial charge in [0.15, 0.2) is 0 Å². The van der Waals surface area contributed by atoms with Crippen LogP contribution < -0.4 is 11.1 Å². The number of nitrogen functional groups attached to an aromatic ring is 1. The van der Waals surface area contributed by atoms with Crippen molar-refractivity contribution >= 4 is 34.0 Å². The number of nitrogens with one attached hydrogen (secondary N) is 1. The van der Waals surface area contributed by atoms with E-state index < -0.39 is 5.60 Å². The molecule has 1 atom stereocenters. The molecule has 4 nitrogen and oxygen atoms in total. The van der Waals surface area contributed by atoms with Gasteiger partial charge in [0.25, 0.3) is 0 Å². The zero-order valence-electron chi connectivity index (χ0n) is 9.17. The average molecular weight is 352 g/mol. The molecule has 1 aliphatic heterocycles. The fourth-order valence-corrected chi connectivity index (χ4v) is 2.20. The molecule has 0 bridgehead atoms. The van der Waals surface area contributed by atoms with Crippen LogP contribution in [-0.2, 0) is 4.74 Å². The van der Waals surface area contributed by atoms with Crippen molar-refractivity contribution in [2.75, 3.05) is 30.8 Å². The first kappa shape index (κ1) is 12.8. The van der Waals surface area contributed by atoms with Crippen LogP contribution in [0.3, 0.4) is 0 Å². The molecule has 6 heteroatoms. The van der Waals surface area contributed by atoms with E-state index in [1.807, 2.05) is 22.6 Å². The quantitative estimate of drug-likeness (QED) is 0.571. The van der Waals surface area contributed by atoms with Crippen LogP contribution in [-0.4, -0.2) is 30.5 Å². The highest BCUT2D eigenvalue weighted by molar-refractivity contribution is 14.1. The highest BCUT2D eigenvalue weighted by atomic mass is 127. The Labute approximate surface area is 112 Å². The Morgan fingerprint density at radius 1 is 1.59 bits per heavy atom. The van der Waals surface area contributed by atoms with Crippen LogP contribution in [0.1, 0.15) is 6.42 Å². The van der Waals surface area contributed by atoms with Crippen LogP contribution in [0.5, 0.6) is 0 Å². The van der Waals surface area contributed by atoms with Crippen LogP contribution >= 0.6 is 22.6 Å². The zero-order chi connectivity index (χ0) is 12.5. The maximum Gasteiger partial charge on any atom is 0.138 e. The summed E-state index contributed by atoms with van der Waals surface area (Å²) in [4.78, 5) is 0. The second-order valence-corrected chi connectivity index (χ2v) is 5.40. The van der Waals surface area contributed by atoms with Gasteiger partial charge in [0, 0.05) is 25.6 Å². The SMILES string of the molecule is Nc1cc(I)c(F)cc1NCC1(O)CCOC1. The number of aliphatic hydroxyl groups is 1. The number of halogens is 2. The van der Waals surface area contributed by atoms with Gasteiger partial charge in [-0.15, -0.1) is 0 Å². The van der Waals surface area contributed by atoms with E-state index in [9.17, 15) is 9.50 Å². The van der Waals surface area contributed by atoms with Crippen molar-refractivity contribution in [3.63, 3.8) is 0 Å². The summed E-state index contributed by atoms with van der Waals surface area (Å²) >= 11 is 1.88. The topological polar surface area (TPSA) is 67.5 Å².